The highest BCUT2D eigenvalue weighted by molar-refractivity contribution is 5.98. The molecule has 0 spiro atoms. The molecule has 1 aromatic carbocycles. The van der Waals surface area contributed by atoms with E-state index in [1.165, 1.54) is 4.90 Å². The van der Waals surface area contributed by atoms with E-state index >= 15 is 0 Å². The quantitative estimate of drug-likeness (QED) is 0.418. The number of alkyl halides is 6. The Morgan fingerprint density at radius 3 is 2.24 bits per heavy atom. The summed E-state index contributed by atoms with van der Waals surface area (Å²) >= 11 is 0. The maximum Gasteiger partial charge on any atom is 0.451 e. The maximum atomic E-state index is 13.5. The van der Waals surface area contributed by atoms with Gasteiger partial charge in [-0.2, -0.15) is 31.4 Å². The Balaban J connectivity index is 0.000000587. The first-order valence-corrected chi connectivity index (χ1v) is 12.0. The van der Waals surface area contributed by atoms with Crippen LogP contribution in [0, 0.1) is 13.8 Å². The Kier molecular flexibility index (Phi) is 8.90. The van der Waals surface area contributed by atoms with Gasteiger partial charge in [0.25, 0.3) is 11.5 Å². The lowest BCUT2D eigenvalue weighted by atomic mass is 10.00. The highest BCUT2D eigenvalue weighted by Crippen LogP contribution is 2.30. The first kappa shape index (κ1) is 31.3. The molecule has 11 nitrogen and oxygen atoms in total. The van der Waals surface area contributed by atoms with E-state index in [1.807, 2.05) is 33.2 Å². The van der Waals surface area contributed by atoms with Crippen molar-refractivity contribution >= 4 is 17.6 Å². The number of nitrogens with zero attached hydrogens (tertiary/aromatic N) is 5. The number of carboxylic acids is 1. The highest BCUT2D eigenvalue weighted by Gasteiger charge is 2.40. The molecule has 222 valence electrons. The molecule has 1 aliphatic rings. The lowest BCUT2D eigenvalue weighted by molar-refractivity contribution is -0.786. The van der Waals surface area contributed by atoms with Crippen LogP contribution in [-0.4, -0.2) is 68.6 Å². The molecule has 1 aliphatic heterocycles. The number of hydrogen-bond donors (Lipinski definition) is 2. The van der Waals surface area contributed by atoms with Crippen LogP contribution in [0.3, 0.4) is 0 Å². The molecule has 0 bridgehead atoms. The average Bonchev–Trinajstić information content (AvgIpc) is 3.32. The van der Waals surface area contributed by atoms with Crippen molar-refractivity contribution < 1.29 is 45.9 Å². The van der Waals surface area contributed by atoms with Crippen molar-refractivity contribution in [1.82, 2.24) is 29.9 Å². The molecule has 4 rings (SSSR count). The molecular formula is C24H25F6N7O4. The van der Waals surface area contributed by atoms with Gasteiger partial charge in [-0.3, -0.25) is 9.59 Å². The van der Waals surface area contributed by atoms with Crippen molar-refractivity contribution in [2.45, 2.75) is 45.7 Å². The van der Waals surface area contributed by atoms with E-state index in [4.69, 9.17) is 9.90 Å². The SMILES string of the molecule is Cc1c(Cc2ccc([NH+](C)C)c(C(=O)N3CCn4c(nnc4C(F)(F)F)C3)c2)n[nH]c(=O)c1C.O=C([O-])C(F)(F)F. The molecular weight excluding hydrogens is 564 g/mol. The van der Waals surface area contributed by atoms with Gasteiger partial charge in [-0.15, -0.1) is 10.2 Å². The molecule has 0 fully saturated rings. The van der Waals surface area contributed by atoms with Gasteiger partial charge in [-0.25, -0.2) is 5.10 Å². The van der Waals surface area contributed by atoms with E-state index in [0.29, 0.717) is 23.2 Å². The number of carbonyl (C=O) groups excluding carboxylic acids is 2. The standard InChI is InChI=1S/C22H24F3N7O2.C2HF3O2/c1-12-13(2)19(33)28-26-16(12)10-14-5-6-17(30(3)4)15(9-14)20(34)31-7-8-32-18(11-31)27-29-21(32)22(23,24)25;3-2(4,5)1(6)7/h5-6,9H,7-8,10-11H2,1-4H3,(H,28,33);(H,6,7). The van der Waals surface area contributed by atoms with E-state index < -0.39 is 24.1 Å². The van der Waals surface area contributed by atoms with Gasteiger partial charge < -0.3 is 24.3 Å². The normalized spacial score (nSPS) is 13.5. The fourth-order valence-corrected chi connectivity index (χ4v) is 4.06. The zero-order valence-electron chi connectivity index (χ0n) is 22.2. The molecule has 2 aromatic heterocycles. The summed E-state index contributed by atoms with van der Waals surface area (Å²) in [6.07, 6.45) is -9.38. The third kappa shape index (κ3) is 7.08. The van der Waals surface area contributed by atoms with Crippen molar-refractivity contribution in [1.29, 1.82) is 0 Å². The van der Waals surface area contributed by atoms with Crippen molar-refractivity contribution in [3.8, 4) is 0 Å². The van der Waals surface area contributed by atoms with Crippen LogP contribution in [0.5, 0.6) is 0 Å². The first-order chi connectivity index (χ1) is 18.9. The third-order valence-electron chi connectivity index (χ3n) is 6.38. The van der Waals surface area contributed by atoms with Gasteiger partial charge in [-0.05, 0) is 31.0 Å². The Morgan fingerprint density at radius 1 is 1.05 bits per heavy atom. The molecule has 0 radical (unpaired) electrons. The Hall–Kier alpha value is -4.28. The molecule has 41 heavy (non-hydrogen) atoms. The Morgan fingerprint density at radius 2 is 1.68 bits per heavy atom. The van der Waals surface area contributed by atoms with Crippen LogP contribution in [-0.2, 0) is 30.5 Å². The van der Waals surface area contributed by atoms with E-state index in [2.05, 4.69) is 20.4 Å². The minimum atomic E-state index is -5.19. The van der Waals surface area contributed by atoms with Crippen LogP contribution in [0.2, 0.25) is 0 Å². The molecule has 3 aromatic rings. The number of aliphatic carboxylic acids is 1. The summed E-state index contributed by atoms with van der Waals surface area (Å²) in [5, 5.41) is 22.4. The molecule has 1 amide bonds. The van der Waals surface area contributed by atoms with E-state index in [-0.39, 0.29) is 36.9 Å². The number of H-pyrrole nitrogens is 1. The highest BCUT2D eigenvalue weighted by atomic mass is 19.4. The largest absolute Gasteiger partial charge is 0.542 e. The third-order valence-corrected chi connectivity index (χ3v) is 6.38. The Labute approximate surface area is 228 Å². The first-order valence-electron chi connectivity index (χ1n) is 12.0. The van der Waals surface area contributed by atoms with Gasteiger partial charge >= 0.3 is 12.4 Å². The lowest BCUT2D eigenvalue weighted by Gasteiger charge is -2.28. The van der Waals surface area contributed by atoms with Crippen LogP contribution in [0.4, 0.5) is 32.0 Å². The van der Waals surface area contributed by atoms with Gasteiger partial charge in [0.2, 0.25) is 5.82 Å². The van der Waals surface area contributed by atoms with Crippen LogP contribution in [0.25, 0.3) is 0 Å². The van der Waals surface area contributed by atoms with E-state index in [9.17, 15) is 35.9 Å². The van der Waals surface area contributed by atoms with Crippen LogP contribution >= 0.6 is 0 Å². The van der Waals surface area contributed by atoms with Gasteiger partial charge in [-0.1, -0.05) is 6.07 Å². The molecule has 0 saturated heterocycles. The molecule has 3 heterocycles. The molecule has 17 heteroatoms. The number of carbonyl (C=O) groups is 2. The fourth-order valence-electron chi connectivity index (χ4n) is 4.06. The second-order valence-electron chi connectivity index (χ2n) is 9.41. The predicted octanol–water partition coefficient (Wildman–Crippen LogP) is 0.318. The van der Waals surface area contributed by atoms with E-state index in [1.54, 1.807) is 13.0 Å². The number of rotatable bonds is 4. The van der Waals surface area contributed by atoms with Crippen LogP contribution in [0.15, 0.2) is 23.0 Å². The van der Waals surface area contributed by atoms with Gasteiger partial charge in [0.1, 0.15) is 17.2 Å². The fraction of sp³-hybridized carbons (Fsp3) is 0.417. The monoisotopic (exact) mass is 589 g/mol. The smallest absolute Gasteiger partial charge is 0.451 e. The molecule has 0 saturated carbocycles. The predicted molar refractivity (Wildman–Crippen MR) is 127 cm³/mol. The molecule has 0 atom stereocenters. The zero-order chi connectivity index (χ0) is 30.9. The summed E-state index contributed by atoms with van der Waals surface area (Å²) < 4.78 is 72.0. The summed E-state index contributed by atoms with van der Waals surface area (Å²) in [4.78, 5) is 36.5. The summed E-state index contributed by atoms with van der Waals surface area (Å²) in [6.45, 7) is 3.57. The van der Waals surface area contributed by atoms with Crippen molar-refractivity contribution in [3.63, 3.8) is 0 Å². The Bertz CT molecular complexity index is 1510. The molecule has 2 N–H and O–H groups in total. The van der Waals surface area contributed by atoms with Gasteiger partial charge in [0, 0.05) is 31.1 Å². The van der Waals surface area contributed by atoms with Crippen molar-refractivity contribution in [3.05, 3.63) is 68.1 Å². The van der Waals surface area contributed by atoms with Crippen LogP contribution in [0.1, 0.15) is 44.4 Å². The van der Waals surface area contributed by atoms with Crippen LogP contribution < -0.4 is 15.6 Å². The maximum absolute atomic E-state index is 13.5. The second-order valence-corrected chi connectivity index (χ2v) is 9.41. The number of amides is 1. The number of benzene rings is 1. The second kappa shape index (κ2) is 11.7. The summed E-state index contributed by atoms with van der Waals surface area (Å²) in [7, 11) is 3.79. The summed E-state index contributed by atoms with van der Waals surface area (Å²) in [5.41, 5.74) is 3.89. The summed E-state index contributed by atoms with van der Waals surface area (Å²) in [6, 6.07) is 5.55. The summed E-state index contributed by atoms with van der Waals surface area (Å²) in [5.74, 6) is -4.24. The molecule has 0 unspecified atom stereocenters. The number of aromatic nitrogens is 5. The lowest BCUT2D eigenvalue weighted by Crippen LogP contribution is -3.00. The number of quaternary nitrogens is 1. The van der Waals surface area contributed by atoms with Gasteiger partial charge in [0.15, 0.2) is 5.82 Å². The molecule has 0 aliphatic carbocycles. The van der Waals surface area contributed by atoms with Crippen molar-refractivity contribution in [2.24, 2.45) is 0 Å². The number of nitrogens with one attached hydrogen (secondary N) is 2. The number of halogens is 6. The number of hydrogen-bond acceptors (Lipinski definition) is 7. The topological polar surface area (TPSA) is 141 Å². The van der Waals surface area contributed by atoms with E-state index in [0.717, 1.165) is 26.3 Å². The number of carboxylic acid groups (broad SMARTS) is 1. The zero-order valence-corrected chi connectivity index (χ0v) is 22.2. The van der Waals surface area contributed by atoms with Crippen molar-refractivity contribution in [2.75, 3.05) is 20.6 Å². The minimum absolute atomic E-state index is 0.0352. The minimum Gasteiger partial charge on any atom is -0.542 e. The number of aromatic amines is 1. The number of fused-ring (bicyclic) bond motifs is 1. The van der Waals surface area contributed by atoms with Gasteiger partial charge in [0.05, 0.1) is 26.3 Å². The average molecular weight is 589 g/mol.